The van der Waals surface area contributed by atoms with Crippen molar-refractivity contribution >= 4 is 23.9 Å². The van der Waals surface area contributed by atoms with Crippen LogP contribution in [0.5, 0.6) is 0 Å². The van der Waals surface area contributed by atoms with Crippen molar-refractivity contribution in [3.8, 4) is 0 Å². The minimum atomic E-state index is -2.04. The molecule has 0 aliphatic heterocycles. The number of carbonyl (C=O) groups is 4. The van der Waals surface area contributed by atoms with Crippen LogP contribution in [0.3, 0.4) is 0 Å². The van der Waals surface area contributed by atoms with E-state index in [0.717, 1.165) is 28.4 Å². The first-order valence-corrected chi connectivity index (χ1v) is 5.22. The summed E-state index contributed by atoms with van der Waals surface area (Å²) in [7, 11) is 4.13. The molecule has 1 rings (SSSR count). The average Bonchev–Trinajstić information content (AvgIpc) is 3.16. The van der Waals surface area contributed by atoms with Gasteiger partial charge in [0.1, 0.15) is 0 Å². The molecule has 1 saturated carbocycles. The first-order valence-electron chi connectivity index (χ1n) is 5.22. The second kappa shape index (κ2) is 4.87. The lowest BCUT2D eigenvalue weighted by Gasteiger charge is -2.18. The molecule has 1 aliphatic rings. The highest BCUT2D eigenvalue weighted by Crippen LogP contribution is 2.66. The SMILES string of the molecule is COC(=O)C1(C(=O)OC)CC1(C(=O)OC)C(=O)OC. The van der Waals surface area contributed by atoms with Gasteiger partial charge >= 0.3 is 23.9 Å². The molecule has 0 bridgehead atoms. The van der Waals surface area contributed by atoms with Crippen LogP contribution in [-0.2, 0) is 38.1 Å². The Labute approximate surface area is 108 Å². The van der Waals surface area contributed by atoms with Gasteiger partial charge in [0.05, 0.1) is 28.4 Å². The second-order valence-electron chi connectivity index (χ2n) is 3.95. The van der Waals surface area contributed by atoms with Crippen molar-refractivity contribution < 1.29 is 38.1 Å². The van der Waals surface area contributed by atoms with Gasteiger partial charge in [0.2, 0.25) is 0 Å². The molecule has 19 heavy (non-hydrogen) atoms. The van der Waals surface area contributed by atoms with Gasteiger partial charge in [-0.3, -0.25) is 19.2 Å². The standard InChI is InChI=1S/C11H14O8/c1-16-6(12)10(7(13)17-2)5-11(10,8(14)18-3)9(15)19-4/h5H2,1-4H3. The average molecular weight is 274 g/mol. The number of carbonyl (C=O) groups excluding carboxylic acids is 4. The quantitative estimate of drug-likeness (QED) is 0.367. The van der Waals surface area contributed by atoms with Crippen molar-refractivity contribution in [2.24, 2.45) is 10.8 Å². The van der Waals surface area contributed by atoms with Gasteiger partial charge in [-0.25, -0.2) is 0 Å². The molecule has 1 fully saturated rings. The minimum absolute atomic E-state index is 0.404. The minimum Gasteiger partial charge on any atom is -0.468 e. The Balaban J connectivity index is 3.37. The summed E-state index contributed by atoms with van der Waals surface area (Å²) < 4.78 is 18.0. The lowest BCUT2D eigenvalue weighted by atomic mass is 9.92. The van der Waals surface area contributed by atoms with Gasteiger partial charge in [-0.05, 0) is 0 Å². The maximum atomic E-state index is 11.8. The third-order valence-corrected chi connectivity index (χ3v) is 3.27. The molecule has 106 valence electrons. The van der Waals surface area contributed by atoms with E-state index in [1.807, 2.05) is 0 Å². The third kappa shape index (κ3) is 1.66. The molecule has 1 aliphatic carbocycles. The Bertz CT molecular complexity index is 366. The van der Waals surface area contributed by atoms with Crippen LogP contribution in [0, 0.1) is 10.8 Å². The summed E-state index contributed by atoms with van der Waals surface area (Å²) in [6, 6.07) is 0. The Morgan fingerprint density at radius 3 is 1.00 bits per heavy atom. The van der Waals surface area contributed by atoms with Crippen LogP contribution >= 0.6 is 0 Å². The van der Waals surface area contributed by atoms with Gasteiger partial charge in [0.15, 0.2) is 10.8 Å². The van der Waals surface area contributed by atoms with Crippen LogP contribution < -0.4 is 0 Å². The number of rotatable bonds is 4. The second-order valence-corrected chi connectivity index (χ2v) is 3.95. The monoisotopic (exact) mass is 274 g/mol. The summed E-state index contributed by atoms with van der Waals surface area (Å²) in [6.45, 7) is 0. The molecule has 0 aromatic carbocycles. The maximum absolute atomic E-state index is 11.8. The lowest BCUT2D eigenvalue weighted by molar-refractivity contribution is -0.176. The predicted octanol–water partition coefficient (Wildman–Crippen LogP) is -0.945. The van der Waals surface area contributed by atoms with Crippen molar-refractivity contribution in [3.63, 3.8) is 0 Å². The van der Waals surface area contributed by atoms with Crippen LogP contribution in [0.4, 0.5) is 0 Å². The zero-order valence-electron chi connectivity index (χ0n) is 11.0. The van der Waals surface area contributed by atoms with E-state index in [1.165, 1.54) is 0 Å². The molecule has 0 N–H and O–H groups in total. The number of esters is 4. The summed E-state index contributed by atoms with van der Waals surface area (Å²) in [5.41, 5.74) is -4.09. The molecule has 0 aromatic rings. The smallest absolute Gasteiger partial charge is 0.325 e. The van der Waals surface area contributed by atoms with Gasteiger partial charge in [0, 0.05) is 6.42 Å². The van der Waals surface area contributed by atoms with E-state index in [4.69, 9.17) is 0 Å². The zero-order valence-corrected chi connectivity index (χ0v) is 11.0. The molecular weight excluding hydrogens is 260 g/mol. The predicted molar refractivity (Wildman–Crippen MR) is 57.5 cm³/mol. The molecule has 0 unspecified atom stereocenters. The van der Waals surface area contributed by atoms with E-state index in [2.05, 4.69) is 18.9 Å². The highest BCUT2D eigenvalue weighted by molar-refractivity contribution is 6.20. The molecule has 0 saturated heterocycles. The van der Waals surface area contributed by atoms with Crippen LogP contribution in [0.1, 0.15) is 6.42 Å². The summed E-state index contributed by atoms with van der Waals surface area (Å²) in [4.78, 5) is 47.3. The lowest BCUT2D eigenvalue weighted by Crippen LogP contribution is -2.42. The summed E-state index contributed by atoms with van der Waals surface area (Å²) in [6.07, 6.45) is -0.404. The topological polar surface area (TPSA) is 105 Å². The summed E-state index contributed by atoms with van der Waals surface area (Å²) in [5, 5.41) is 0. The van der Waals surface area contributed by atoms with Gasteiger partial charge < -0.3 is 18.9 Å². The van der Waals surface area contributed by atoms with E-state index in [1.54, 1.807) is 0 Å². The first-order chi connectivity index (χ1) is 8.88. The van der Waals surface area contributed by atoms with Crippen LogP contribution in [-0.4, -0.2) is 52.3 Å². The van der Waals surface area contributed by atoms with Gasteiger partial charge in [-0.1, -0.05) is 0 Å². The molecule has 8 nitrogen and oxygen atoms in total. The normalized spacial score (nSPS) is 17.9. The molecule has 0 aromatic heterocycles. The van der Waals surface area contributed by atoms with Crippen molar-refractivity contribution in [3.05, 3.63) is 0 Å². The van der Waals surface area contributed by atoms with E-state index < -0.39 is 41.1 Å². The molecule has 0 spiro atoms. The Hall–Kier alpha value is -2.12. The Kier molecular flexibility index (Phi) is 3.83. The van der Waals surface area contributed by atoms with Gasteiger partial charge in [0.25, 0.3) is 0 Å². The van der Waals surface area contributed by atoms with Crippen molar-refractivity contribution in [1.29, 1.82) is 0 Å². The number of methoxy groups -OCH3 is 4. The highest BCUT2D eigenvalue weighted by atomic mass is 16.6. The molecule has 0 atom stereocenters. The van der Waals surface area contributed by atoms with Crippen molar-refractivity contribution in [2.75, 3.05) is 28.4 Å². The van der Waals surface area contributed by atoms with E-state index in [9.17, 15) is 19.2 Å². The van der Waals surface area contributed by atoms with E-state index in [-0.39, 0.29) is 0 Å². The maximum Gasteiger partial charge on any atom is 0.325 e. The molecule has 0 heterocycles. The van der Waals surface area contributed by atoms with Crippen LogP contribution in [0.25, 0.3) is 0 Å². The highest BCUT2D eigenvalue weighted by Gasteiger charge is 2.87. The first kappa shape index (κ1) is 14.9. The molecule has 0 amide bonds. The molecule has 0 radical (unpaired) electrons. The number of ether oxygens (including phenoxy) is 4. The van der Waals surface area contributed by atoms with Crippen molar-refractivity contribution in [2.45, 2.75) is 6.42 Å². The third-order valence-electron chi connectivity index (χ3n) is 3.27. The van der Waals surface area contributed by atoms with E-state index >= 15 is 0 Å². The molecule has 8 heteroatoms. The largest absolute Gasteiger partial charge is 0.468 e. The Morgan fingerprint density at radius 1 is 0.632 bits per heavy atom. The van der Waals surface area contributed by atoms with E-state index in [0.29, 0.717) is 0 Å². The fourth-order valence-corrected chi connectivity index (χ4v) is 2.20. The van der Waals surface area contributed by atoms with Gasteiger partial charge in [-0.15, -0.1) is 0 Å². The summed E-state index contributed by atoms with van der Waals surface area (Å²) >= 11 is 0. The zero-order chi connectivity index (χ0) is 14.8. The van der Waals surface area contributed by atoms with Crippen LogP contribution in [0.2, 0.25) is 0 Å². The van der Waals surface area contributed by atoms with Gasteiger partial charge in [-0.2, -0.15) is 0 Å². The van der Waals surface area contributed by atoms with Crippen molar-refractivity contribution in [1.82, 2.24) is 0 Å². The Morgan fingerprint density at radius 2 is 0.842 bits per heavy atom. The molecular formula is C11H14O8. The fourth-order valence-electron chi connectivity index (χ4n) is 2.20. The van der Waals surface area contributed by atoms with Crippen LogP contribution in [0.15, 0.2) is 0 Å². The fraction of sp³-hybridized carbons (Fsp3) is 0.636. The number of hydrogen-bond acceptors (Lipinski definition) is 8. The number of hydrogen-bond donors (Lipinski definition) is 0. The summed E-state index contributed by atoms with van der Waals surface area (Å²) in [5.74, 6) is -4.18.